The van der Waals surface area contributed by atoms with Crippen LogP contribution in [0.25, 0.3) is 10.9 Å². The van der Waals surface area contributed by atoms with E-state index in [1.54, 1.807) is 23.6 Å². The molecule has 1 aliphatic heterocycles. The van der Waals surface area contributed by atoms with Crippen molar-refractivity contribution in [2.24, 2.45) is 5.92 Å². The van der Waals surface area contributed by atoms with Crippen molar-refractivity contribution < 1.29 is 9.59 Å². The molecule has 4 rings (SSSR count). The number of aryl methyl sites for hydroxylation is 1. The molecule has 2 amide bonds. The van der Waals surface area contributed by atoms with Gasteiger partial charge in [0.1, 0.15) is 0 Å². The van der Waals surface area contributed by atoms with Crippen LogP contribution in [0.15, 0.2) is 36.9 Å². The first kappa shape index (κ1) is 15.4. The van der Waals surface area contributed by atoms with Crippen molar-refractivity contribution in [2.45, 2.75) is 12.8 Å². The third kappa shape index (κ3) is 3.23. The lowest BCUT2D eigenvalue weighted by Gasteiger charge is -2.38. The van der Waals surface area contributed by atoms with Crippen LogP contribution >= 0.6 is 0 Å². The number of hydrogen-bond donors (Lipinski definition) is 3. The minimum atomic E-state index is -0.156. The second-order valence-electron chi connectivity index (χ2n) is 6.23. The number of anilines is 1. The minimum Gasteiger partial charge on any atom is -0.348 e. The lowest BCUT2D eigenvalue weighted by Crippen LogP contribution is -2.54. The van der Waals surface area contributed by atoms with Gasteiger partial charge in [-0.1, -0.05) is 0 Å². The number of aromatic amines is 2. The molecule has 0 radical (unpaired) electrons. The second kappa shape index (κ2) is 6.39. The van der Waals surface area contributed by atoms with E-state index >= 15 is 0 Å². The van der Waals surface area contributed by atoms with E-state index in [0.29, 0.717) is 25.9 Å². The summed E-state index contributed by atoms with van der Waals surface area (Å²) in [5, 5.41) is 10.7. The number of nitrogens with one attached hydrogen (secondary N) is 3. The summed E-state index contributed by atoms with van der Waals surface area (Å²) in [5.74, 6) is -0.143. The molecule has 1 saturated heterocycles. The Kier molecular flexibility index (Phi) is 3.93. The SMILES string of the molecule is O=C(Nc1ccc2[nH]ncc2c1)C1CN(C(=O)CCc2cnc[nH]2)C1. The van der Waals surface area contributed by atoms with E-state index in [2.05, 4.69) is 25.5 Å². The Morgan fingerprint density at radius 3 is 2.96 bits per heavy atom. The minimum absolute atomic E-state index is 0.0551. The summed E-state index contributed by atoms with van der Waals surface area (Å²) in [6.45, 7) is 0.948. The van der Waals surface area contributed by atoms with Gasteiger partial charge in [0, 0.05) is 42.5 Å². The van der Waals surface area contributed by atoms with Gasteiger partial charge in [-0.15, -0.1) is 0 Å². The van der Waals surface area contributed by atoms with Crippen LogP contribution in [0.4, 0.5) is 5.69 Å². The predicted octanol–water partition coefficient (Wildman–Crippen LogP) is 1.32. The van der Waals surface area contributed by atoms with E-state index in [4.69, 9.17) is 0 Å². The van der Waals surface area contributed by atoms with Gasteiger partial charge >= 0.3 is 0 Å². The quantitative estimate of drug-likeness (QED) is 0.652. The van der Waals surface area contributed by atoms with Crippen LogP contribution in [-0.4, -0.2) is 50.0 Å². The number of imidazole rings is 1. The van der Waals surface area contributed by atoms with Gasteiger partial charge in [-0.3, -0.25) is 14.7 Å². The molecule has 0 atom stereocenters. The van der Waals surface area contributed by atoms with Gasteiger partial charge in [0.2, 0.25) is 11.8 Å². The number of rotatable bonds is 5. The van der Waals surface area contributed by atoms with E-state index in [0.717, 1.165) is 22.3 Å². The van der Waals surface area contributed by atoms with E-state index in [9.17, 15) is 9.59 Å². The zero-order chi connectivity index (χ0) is 17.2. The molecule has 128 valence electrons. The van der Waals surface area contributed by atoms with Crippen molar-refractivity contribution in [3.05, 3.63) is 42.6 Å². The monoisotopic (exact) mass is 338 g/mol. The van der Waals surface area contributed by atoms with Crippen molar-refractivity contribution >= 4 is 28.4 Å². The average molecular weight is 338 g/mol. The molecule has 3 heterocycles. The van der Waals surface area contributed by atoms with Crippen LogP contribution in [0, 0.1) is 5.92 Å². The van der Waals surface area contributed by atoms with Crippen molar-refractivity contribution in [3.8, 4) is 0 Å². The maximum absolute atomic E-state index is 12.3. The van der Waals surface area contributed by atoms with Crippen molar-refractivity contribution in [1.29, 1.82) is 0 Å². The third-order valence-electron chi connectivity index (χ3n) is 4.48. The highest BCUT2D eigenvalue weighted by atomic mass is 16.2. The van der Waals surface area contributed by atoms with E-state index in [1.807, 2.05) is 18.2 Å². The second-order valence-corrected chi connectivity index (χ2v) is 6.23. The lowest BCUT2D eigenvalue weighted by molar-refractivity contribution is -0.141. The highest BCUT2D eigenvalue weighted by molar-refractivity contribution is 5.96. The molecule has 3 N–H and O–H groups in total. The summed E-state index contributed by atoms with van der Waals surface area (Å²) in [7, 11) is 0. The Bertz CT molecular complexity index is 895. The fourth-order valence-corrected chi connectivity index (χ4v) is 2.93. The molecule has 0 unspecified atom stereocenters. The first-order chi connectivity index (χ1) is 12.2. The molecule has 8 heteroatoms. The largest absolute Gasteiger partial charge is 0.348 e. The van der Waals surface area contributed by atoms with Crippen molar-refractivity contribution in [2.75, 3.05) is 18.4 Å². The van der Waals surface area contributed by atoms with Gasteiger partial charge in [-0.25, -0.2) is 4.98 Å². The van der Waals surface area contributed by atoms with Gasteiger partial charge in [0.15, 0.2) is 0 Å². The zero-order valence-corrected chi connectivity index (χ0v) is 13.5. The van der Waals surface area contributed by atoms with Crippen molar-refractivity contribution in [1.82, 2.24) is 25.1 Å². The Balaban J connectivity index is 1.26. The number of H-pyrrole nitrogens is 2. The summed E-state index contributed by atoms with van der Waals surface area (Å²) in [5.41, 5.74) is 2.61. The highest BCUT2D eigenvalue weighted by Crippen LogP contribution is 2.21. The number of benzene rings is 1. The van der Waals surface area contributed by atoms with Crippen LogP contribution in [0.3, 0.4) is 0 Å². The van der Waals surface area contributed by atoms with Gasteiger partial charge in [0.25, 0.3) is 0 Å². The number of aromatic nitrogens is 4. The fourth-order valence-electron chi connectivity index (χ4n) is 2.93. The molecular weight excluding hydrogens is 320 g/mol. The molecule has 3 aromatic rings. The Labute approximate surface area is 143 Å². The van der Waals surface area contributed by atoms with Crippen LogP contribution in [-0.2, 0) is 16.0 Å². The van der Waals surface area contributed by atoms with Crippen LogP contribution < -0.4 is 5.32 Å². The highest BCUT2D eigenvalue weighted by Gasteiger charge is 2.35. The number of carbonyl (C=O) groups is 2. The molecule has 2 aromatic heterocycles. The number of hydrogen-bond acceptors (Lipinski definition) is 4. The normalized spacial score (nSPS) is 14.5. The molecule has 0 bridgehead atoms. The number of nitrogens with zero attached hydrogens (tertiary/aromatic N) is 3. The van der Waals surface area contributed by atoms with E-state index in [-0.39, 0.29) is 17.7 Å². The van der Waals surface area contributed by atoms with Gasteiger partial charge in [-0.05, 0) is 24.6 Å². The summed E-state index contributed by atoms with van der Waals surface area (Å²) in [6.07, 6.45) is 6.10. The van der Waals surface area contributed by atoms with Crippen LogP contribution in [0.1, 0.15) is 12.1 Å². The molecule has 8 nitrogen and oxygen atoms in total. The first-order valence-corrected chi connectivity index (χ1v) is 8.18. The molecule has 0 aliphatic carbocycles. The molecule has 25 heavy (non-hydrogen) atoms. The topological polar surface area (TPSA) is 107 Å². The fraction of sp³-hybridized carbons (Fsp3) is 0.294. The molecule has 1 aliphatic rings. The Hall–Kier alpha value is -3.16. The summed E-state index contributed by atoms with van der Waals surface area (Å²) >= 11 is 0. The maximum atomic E-state index is 12.3. The summed E-state index contributed by atoms with van der Waals surface area (Å²) in [4.78, 5) is 33.0. The summed E-state index contributed by atoms with van der Waals surface area (Å²) in [6, 6.07) is 5.59. The zero-order valence-electron chi connectivity index (χ0n) is 13.5. The molecular formula is C17H18N6O2. The van der Waals surface area contributed by atoms with Gasteiger partial charge in [0.05, 0.1) is 24.0 Å². The van der Waals surface area contributed by atoms with E-state index in [1.165, 1.54) is 0 Å². The number of fused-ring (bicyclic) bond motifs is 1. The number of likely N-dealkylation sites (tertiary alicyclic amines) is 1. The number of carbonyl (C=O) groups excluding carboxylic acids is 2. The molecule has 0 saturated carbocycles. The van der Waals surface area contributed by atoms with Gasteiger partial charge < -0.3 is 15.2 Å². The standard InChI is InChI=1S/C17H18N6O2/c24-16(4-2-14-7-18-10-19-14)23-8-12(9-23)17(25)21-13-1-3-15-11(5-13)6-20-22-15/h1,3,5-7,10,12H,2,4,8-9H2,(H,18,19)(H,20,22)(H,21,25). The van der Waals surface area contributed by atoms with Crippen molar-refractivity contribution in [3.63, 3.8) is 0 Å². The number of amides is 2. The molecule has 1 aromatic carbocycles. The summed E-state index contributed by atoms with van der Waals surface area (Å²) < 4.78 is 0. The average Bonchev–Trinajstić information content (AvgIpc) is 3.22. The molecule has 0 spiro atoms. The lowest BCUT2D eigenvalue weighted by atomic mass is 9.98. The molecule has 1 fully saturated rings. The Morgan fingerprint density at radius 2 is 2.16 bits per heavy atom. The first-order valence-electron chi connectivity index (χ1n) is 8.18. The van der Waals surface area contributed by atoms with E-state index < -0.39 is 0 Å². The smallest absolute Gasteiger partial charge is 0.231 e. The van der Waals surface area contributed by atoms with Crippen LogP contribution in [0.5, 0.6) is 0 Å². The third-order valence-corrected chi connectivity index (χ3v) is 4.48. The van der Waals surface area contributed by atoms with Gasteiger partial charge in [-0.2, -0.15) is 5.10 Å². The predicted molar refractivity (Wildman–Crippen MR) is 91.7 cm³/mol. The Morgan fingerprint density at radius 1 is 1.28 bits per heavy atom. The maximum Gasteiger partial charge on any atom is 0.231 e. The van der Waals surface area contributed by atoms with Crippen LogP contribution in [0.2, 0.25) is 0 Å².